The smallest absolute Gasteiger partial charge is 0.247 e. The standard InChI is InChI=1S/C18H22FN3O3/c19-15-3-1-13(2-4-15)17-20-21-18(25-17)14-5-8-22(9-6-14)10-7-16-23-11-12-24-16/h1-4,14,16H,5-12H2. The van der Waals surface area contributed by atoms with E-state index in [4.69, 9.17) is 13.9 Å². The van der Waals surface area contributed by atoms with Crippen LogP contribution in [-0.2, 0) is 9.47 Å². The fourth-order valence-electron chi connectivity index (χ4n) is 3.37. The maximum Gasteiger partial charge on any atom is 0.247 e. The molecule has 0 spiro atoms. The Morgan fingerprint density at radius 3 is 2.48 bits per heavy atom. The first-order valence-electron chi connectivity index (χ1n) is 8.83. The molecule has 0 bridgehead atoms. The summed E-state index contributed by atoms with van der Waals surface area (Å²) in [6, 6.07) is 6.11. The summed E-state index contributed by atoms with van der Waals surface area (Å²) in [5.41, 5.74) is 0.745. The molecule has 0 amide bonds. The van der Waals surface area contributed by atoms with E-state index in [0.717, 1.165) is 44.5 Å². The van der Waals surface area contributed by atoms with Crippen LogP contribution < -0.4 is 0 Å². The quantitative estimate of drug-likeness (QED) is 0.829. The van der Waals surface area contributed by atoms with Crippen molar-refractivity contribution < 1.29 is 18.3 Å². The first-order valence-corrected chi connectivity index (χ1v) is 8.83. The van der Waals surface area contributed by atoms with Gasteiger partial charge in [-0.05, 0) is 50.2 Å². The monoisotopic (exact) mass is 347 g/mol. The third-order valence-corrected chi connectivity index (χ3v) is 4.84. The fourth-order valence-corrected chi connectivity index (χ4v) is 3.37. The lowest BCUT2D eigenvalue weighted by molar-refractivity contribution is -0.0524. The van der Waals surface area contributed by atoms with Crippen LogP contribution in [0.1, 0.15) is 31.1 Å². The third-order valence-electron chi connectivity index (χ3n) is 4.84. The Morgan fingerprint density at radius 2 is 1.76 bits per heavy atom. The van der Waals surface area contributed by atoms with Crippen molar-refractivity contribution in [3.05, 3.63) is 36.0 Å². The molecule has 2 fully saturated rings. The maximum absolute atomic E-state index is 13.0. The molecule has 0 atom stereocenters. The molecule has 1 aromatic heterocycles. The summed E-state index contributed by atoms with van der Waals surface area (Å²) in [6.45, 7) is 4.42. The van der Waals surface area contributed by atoms with Gasteiger partial charge in [-0.3, -0.25) is 0 Å². The number of hydrogen-bond acceptors (Lipinski definition) is 6. The summed E-state index contributed by atoms with van der Waals surface area (Å²) < 4.78 is 29.8. The van der Waals surface area contributed by atoms with Gasteiger partial charge < -0.3 is 18.8 Å². The molecule has 1 aromatic carbocycles. The summed E-state index contributed by atoms with van der Waals surface area (Å²) in [5.74, 6) is 1.15. The molecule has 0 unspecified atom stereocenters. The summed E-state index contributed by atoms with van der Waals surface area (Å²) >= 11 is 0. The van der Waals surface area contributed by atoms with E-state index in [-0.39, 0.29) is 18.0 Å². The molecule has 4 rings (SSSR count). The van der Waals surface area contributed by atoms with Crippen molar-refractivity contribution >= 4 is 0 Å². The molecule has 3 heterocycles. The van der Waals surface area contributed by atoms with Gasteiger partial charge in [-0.15, -0.1) is 10.2 Å². The van der Waals surface area contributed by atoms with Crippen LogP contribution in [0.15, 0.2) is 28.7 Å². The molecule has 0 aliphatic carbocycles. The highest BCUT2D eigenvalue weighted by Crippen LogP contribution is 2.29. The summed E-state index contributed by atoms with van der Waals surface area (Å²) in [7, 11) is 0. The third kappa shape index (κ3) is 4.05. The minimum atomic E-state index is -0.274. The number of aromatic nitrogens is 2. The second kappa shape index (κ2) is 7.59. The van der Waals surface area contributed by atoms with E-state index >= 15 is 0 Å². The average molecular weight is 347 g/mol. The van der Waals surface area contributed by atoms with Gasteiger partial charge in [-0.25, -0.2) is 4.39 Å². The summed E-state index contributed by atoms with van der Waals surface area (Å²) in [4.78, 5) is 2.43. The van der Waals surface area contributed by atoms with Gasteiger partial charge in [0.05, 0.1) is 13.2 Å². The van der Waals surface area contributed by atoms with Gasteiger partial charge in [0.15, 0.2) is 6.29 Å². The van der Waals surface area contributed by atoms with Gasteiger partial charge in [-0.2, -0.15) is 0 Å². The van der Waals surface area contributed by atoms with Crippen molar-refractivity contribution in [3.63, 3.8) is 0 Å². The van der Waals surface area contributed by atoms with Crippen molar-refractivity contribution in [2.45, 2.75) is 31.5 Å². The highest BCUT2D eigenvalue weighted by Gasteiger charge is 2.26. The molecule has 25 heavy (non-hydrogen) atoms. The maximum atomic E-state index is 13.0. The molecule has 0 radical (unpaired) electrons. The summed E-state index contributed by atoms with van der Waals surface area (Å²) in [6.07, 6.45) is 2.88. The van der Waals surface area contributed by atoms with Gasteiger partial charge in [0, 0.05) is 24.4 Å². The van der Waals surface area contributed by atoms with Crippen LogP contribution in [0.4, 0.5) is 4.39 Å². The number of hydrogen-bond donors (Lipinski definition) is 0. The molecular formula is C18H22FN3O3. The number of likely N-dealkylation sites (tertiary alicyclic amines) is 1. The van der Waals surface area contributed by atoms with E-state index in [1.165, 1.54) is 12.1 Å². The topological polar surface area (TPSA) is 60.6 Å². The lowest BCUT2D eigenvalue weighted by Gasteiger charge is -2.30. The Hall–Kier alpha value is -1.83. The Bertz CT molecular complexity index is 677. The highest BCUT2D eigenvalue weighted by atomic mass is 19.1. The minimum absolute atomic E-state index is 0.0352. The molecule has 7 heteroatoms. The second-order valence-corrected chi connectivity index (χ2v) is 6.53. The van der Waals surface area contributed by atoms with Gasteiger partial charge in [-0.1, -0.05) is 0 Å². The molecule has 2 saturated heterocycles. The van der Waals surface area contributed by atoms with Crippen LogP contribution in [0.2, 0.25) is 0 Å². The van der Waals surface area contributed by atoms with Crippen LogP contribution in [-0.4, -0.2) is 54.2 Å². The average Bonchev–Trinajstić information content (AvgIpc) is 3.33. The Kier molecular flexibility index (Phi) is 5.05. The van der Waals surface area contributed by atoms with Gasteiger partial charge in [0.2, 0.25) is 11.8 Å². The Balaban J connectivity index is 1.29. The lowest BCUT2D eigenvalue weighted by atomic mass is 9.97. The molecule has 6 nitrogen and oxygen atoms in total. The number of rotatable bonds is 5. The van der Waals surface area contributed by atoms with Crippen molar-refractivity contribution in [1.29, 1.82) is 0 Å². The van der Waals surface area contributed by atoms with E-state index < -0.39 is 0 Å². The van der Waals surface area contributed by atoms with Gasteiger partial charge in [0.1, 0.15) is 5.82 Å². The largest absolute Gasteiger partial charge is 0.420 e. The number of halogens is 1. The zero-order valence-electron chi connectivity index (χ0n) is 14.1. The number of ether oxygens (including phenoxy) is 2. The SMILES string of the molecule is Fc1ccc(-c2nnc(C3CCN(CCC4OCCO4)CC3)o2)cc1. The van der Waals surface area contributed by atoms with Crippen molar-refractivity contribution in [2.24, 2.45) is 0 Å². The Morgan fingerprint density at radius 1 is 1.04 bits per heavy atom. The van der Waals surface area contributed by atoms with Crippen molar-refractivity contribution in [3.8, 4) is 11.5 Å². The van der Waals surface area contributed by atoms with Crippen LogP contribution in [0.25, 0.3) is 11.5 Å². The molecular weight excluding hydrogens is 325 g/mol. The predicted molar refractivity (Wildman–Crippen MR) is 88.4 cm³/mol. The predicted octanol–water partition coefficient (Wildman–Crippen LogP) is 2.82. The first-order chi connectivity index (χ1) is 12.3. The molecule has 0 N–H and O–H groups in total. The van der Waals surface area contributed by atoms with Gasteiger partial charge in [0.25, 0.3) is 0 Å². The zero-order valence-corrected chi connectivity index (χ0v) is 14.1. The van der Waals surface area contributed by atoms with Crippen molar-refractivity contribution in [1.82, 2.24) is 15.1 Å². The fraction of sp³-hybridized carbons (Fsp3) is 0.556. The van der Waals surface area contributed by atoms with E-state index in [0.29, 0.717) is 25.0 Å². The molecule has 0 saturated carbocycles. The second-order valence-electron chi connectivity index (χ2n) is 6.53. The first kappa shape index (κ1) is 16.6. The number of benzene rings is 1. The summed E-state index contributed by atoms with van der Waals surface area (Å²) in [5, 5.41) is 8.32. The van der Waals surface area contributed by atoms with E-state index in [2.05, 4.69) is 15.1 Å². The minimum Gasteiger partial charge on any atom is -0.420 e. The zero-order chi connectivity index (χ0) is 17.1. The van der Waals surface area contributed by atoms with Gasteiger partial charge >= 0.3 is 0 Å². The van der Waals surface area contributed by atoms with Crippen LogP contribution in [0, 0.1) is 5.82 Å². The number of nitrogens with zero attached hydrogens (tertiary/aromatic N) is 3. The van der Waals surface area contributed by atoms with E-state index in [1.54, 1.807) is 12.1 Å². The van der Waals surface area contributed by atoms with Crippen LogP contribution in [0.5, 0.6) is 0 Å². The normalized spacial score (nSPS) is 20.4. The molecule has 2 aromatic rings. The van der Waals surface area contributed by atoms with Crippen LogP contribution >= 0.6 is 0 Å². The number of piperidine rings is 1. The van der Waals surface area contributed by atoms with E-state index in [9.17, 15) is 4.39 Å². The molecule has 2 aliphatic rings. The Labute approximate surface area is 145 Å². The lowest BCUT2D eigenvalue weighted by Crippen LogP contribution is -2.35. The van der Waals surface area contributed by atoms with Crippen molar-refractivity contribution in [2.75, 3.05) is 32.8 Å². The highest BCUT2D eigenvalue weighted by molar-refractivity contribution is 5.52. The van der Waals surface area contributed by atoms with Crippen LogP contribution in [0.3, 0.4) is 0 Å². The molecule has 134 valence electrons. The molecule has 2 aliphatic heterocycles. The van der Waals surface area contributed by atoms with E-state index in [1.807, 2.05) is 0 Å².